The van der Waals surface area contributed by atoms with E-state index in [0.29, 0.717) is 37.9 Å². The van der Waals surface area contributed by atoms with E-state index in [1.54, 1.807) is 12.1 Å². The molecule has 0 aromatic heterocycles. The average Bonchev–Trinajstić information content (AvgIpc) is 3.22. The molecule has 0 fully saturated rings. The summed E-state index contributed by atoms with van der Waals surface area (Å²) >= 11 is 0. The lowest BCUT2D eigenvalue weighted by Crippen LogP contribution is -2.56. The number of carbonyl (C=O) groups excluding carboxylic acids is 4. The topological polar surface area (TPSA) is 208 Å². The van der Waals surface area contributed by atoms with E-state index >= 15 is 0 Å². The number of alkyl carbamates (subject to hydrolysis) is 2. The number of ether oxygens (including phenoxy) is 3. The molecule has 0 spiro atoms. The molecule has 14 nitrogen and oxygen atoms in total. The summed E-state index contributed by atoms with van der Waals surface area (Å²) < 4.78 is 16.6. The highest BCUT2D eigenvalue weighted by atomic mass is 16.6. The van der Waals surface area contributed by atoms with Crippen LogP contribution in [0.4, 0.5) is 15.3 Å². The molecule has 0 bridgehead atoms. The third-order valence-electron chi connectivity index (χ3n) is 8.81. The van der Waals surface area contributed by atoms with Gasteiger partial charge in [0.2, 0.25) is 11.8 Å². The molecular weight excluding hydrogens is 739 g/mol. The maximum Gasteiger partial charge on any atom is 0.409 e. The number of carbonyl (C=O) groups is 4. The van der Waals surface area contributed by atoms with Crippen molar-refractivity contribution in [2.24, 2.45) is 16.5 Å². The number of rotatable bonds is 23. The van der Waals surface area contributed by atoms with E-state index < -0.39 is 30.3 Å². The largest absolute Gasteiger partial charge is 0.445 e. The lowest BCUT2D eigenvalue weighted by molar-refractivity contribution is -0.131. The molecule has 0 radical (unpaired) electrons. The first-order valence-corrected chi connectivity index (χ1v) is 19.5. The Balaban J connectivity index is 1.21. The van der Waals surface area contributed by atoms with Crippen molar-refractivity contribution in [3.8, 4) is 0 Å². The molecule has 0 saturated heterocycles. The second-order valence-electron chi connectivity index (χ2n) is 13.7. The Morgan fingerprint density at radius 2 is 1.19 bits per heavy atom. The van der Waals surface area contributed by atoms with Crippen molar-refractivity contribution in [2.75, 3.05) is 13.2 Å². The zero-order valence-electron chi connectivity index (χ0n) is 33.0. The number of nitrogens with one attached hydrogen (secondary N) is 4. The number of benzene rings is 4. The first-order valence-electron chi connectivity index (χ1n) is 19.5. The van der Waals surface area contributed by atoms with Crippen LogP contribution in [0.1, 0.15) is 66.8 Å². The van der Waals surface area contributed by atoms with E-state index in [1.807, 2.05) is 104 Å². The molecule has 4 aromatic rings. The Bertz CT molecular complexity index is 1870. The van der Waals surface area contributed by atoms with E-state index in [2.05, 4.69) is 26.3 Å². The van der Waals surface area contributed by atoms with Gasteiger partial charge in [0.1, 0.15) is 25.4 Å². The Morgan fingerprint density at radius 3 is 1.81 bits per heavy atom. The fraction of sp³-hybridized carbons (Fsp3) is 0.341. The second-order valence-corrected chi connectivity index (χ2v) is 13.7. The highest BCUT2D eigenvalue weighted by molar-refractivity contribution is 5.88. The van der Waals surface area contributed by atoms with Gasteiger partial charge in [-0.05, 0) is 72.1 Å². The zero-order valence-corrected chi connectivity index (χ0v) is 33.0. The summed E-state index contributed by atoms with van der Waals surface area (Å²) in [4.78, 5) is 55.4. The molecule has 308 valence electrons. The number of guanidine groups is 1. The lowest BCUT2D eigenvalue weighted by atomic mass is 10.1. The van der Waals surface area contributed by atoms with Crippen molar-refractivity contribution in [3.63, 3.8) is 0 Å². The highest BCUT2D eigenvalue weighted by Crippen LogP contribution is 2.15. The summed E-state index contributed by atoms with van der Waals surface area (Å²) in [7, 11) is 0. The van der Waals surface area contributed by atoms with Crippen LogP contribution < -0.4 is 32.7 Å². The Morgan fingerprint density at radius 1 is 0.638 bits per heavy atom. The van der Waals surface area contributed by atoms with Gasteiger partial charge in [-0.2, -0.15) is 0 Å². The molecule has 58 heavy (non-hydrogen) atoms. The van der Waals surface area contributed by atoms with E-state index in [-0.39, 0.29) is 44.7 Å². The Hall–Kier alpha value is -6.41. The Kier molecular flexibility index (Phi) is 19.1. The van der Waals surface area contributed by atoms with Gasteiger partial charge in [-0.3, -0.25) is 9.59 Å². The van der Waals surface area contributed by atoms with Crippen LogP contribution in [0.3, 0.4) is 0 Å². The van der Waals surface area contributed by atoms with Crippen molar-refractivity contribution >= 4 is 35.6 Å². The number of hydrogen-bond acceptors (Lipinski definition) is 8. The van der Waals surface area contributed by atoms with Crippen LogP contribution in [0, 0.1) is 0 Å². The fourth-order valence-electron chi connectivity index (χ4n) is 5.79. The first-order chi connectivity index (χ1) is 28.2. The van der Waals surface area contributed by atoms with E-state index in [9.17, 15) is 19.2 Å². The summed E-state index contributed by atoms with van der Waals surface area (Å²) in [6, 6.07) is 33.0. The lowest BCUT2D eigenvalue weighted by Gasteiger charge is -2.24. The van der Waals surface area contributed by atoms with Gasteiger partial charge in [0.15, 0.2) is 5.96 Å². The molecule has 4 aromatic carbocycles. The molecule has 14 heteroatoms. The molecule has 0 aliphatic rings. The van der Waals surface area contributed by atoms with Crippen molar-refractivity contribution in [1.29, 1.82) is 0 Å². The summed E-state index contributed by atoms with van der Waals surface area (Å²) in [5.74, 6) is -0.822. The second kappa shape index (κ2) is 25.0. The van der Waals surface area contributed by atoms with Gasteiger partial charge in [-0.1, -0.05) is 110 Å². The van der Waals surface area contributed by atoms with E-state index in [1.165, 1.54) is 0 Å². The van der Waals surface area contributed by atoms with Crippen molar-refractivity contribution < 1.29 is 33.4 Å². The van der Waals surface area contributed by atoms with Gasteiger partial charge < -0.3 is 46.9 Å². The molecule has 2 atom stereocenters. The molecule has 4 amide bonds. The molecule has 0 heterocycles. The van der Waals surface area contributed by atoms with Gasteiger partial charge in [-0.15, -0.1) is 0 Å². The van der Waals surface area contributed by atoms with Crippen LogP contribution in [0.25, 0.3) is 0 Å². The van der Waals surface area contributed by atoms with Crippen LogP contribution in [0.15, 0.2) is 114 Å². The Labute approximate surface area is 340 Å². The zero-order chi connectivity index (χ0) is 41.4. The number of aliphatic imine (C=N–C) groups is 1. The predicted octanol–water partition coefficient (Wildman–Crippen LogP) is 5.64. The first kappa shape index (κ1) is 44.3. The van der Waals surface area contributed by atoms with Crippen LogP contribution >= 0.6 is 0 Å². The molecule has 4 rings (SSSR count). The summed E-state index contributed by atoms with van der Waals surface area (Å²) in [6.45, 7) is 2.83. The molecule has 8 N–H and O–H groups in total. The minimum Gasteiger partial charge on any atom is -0.445 e. The summed E-state index contributed by atoms with van der Waals surface area (Å²) in [5.41, 5.74) is 16.2. The molecule has 0 saturated carbocycles. The molecular formula is C44H55N7O7. The normalized spacial score (nSPS) is 11.7. The van der Waals surface area contributed by atoms with Gasteiger partial charge in [-0.25, -0.2) is 14.6 Å². The minimum atomic E-state index is -1.00. The standard InChI is InChI=1S/C44H55N7O7/c1-2-11-39(51-44(55)58-30-36-21-19-33(20-22-36)17-10-27-47-43(54)57-29-35-14-7-4-8-15-35)50-41(53)38(31-56-28-34-12-5-3-6-13-34)49-40(52)18-9-16-32-23-25-37(26-24-32)48-42(45)46/h3-8,12-15,19-26,38-39H,2,9-11,16-18,27-31H2,1H3,(H,47,54)(H,49,52)(H,50,53)(H,51,55)(H4,45,46,48). The van der Waals surface area contributed by atoms with Crippen molar-refractivity contribution in [2.45, 2.75) is 83.9 Å². The number of hydrogen-bond donors (Lipinski definition) is 6. The van der Waals surface area contributed by atoms with E-state index in [4.69, 9.17) is 25.7 Å². The SMILES string of the molecule is CCCC(NC(=O)OCc1ccc(CCCNC(=O)OCc2ccccc2)cc1)NC(=O)C(COCc1ccccc1)NC(=O)CCCc1ccc(N=C(N)N)cc1. The van der Waals surface area contributed by atoms with Crippen molar-refractivity contribution in [1.82, 2.24) is 21.3 Å². The molecule has 2 unspecified atom stereocenters. The maximum absolute atomic E-state index is 13.6. The third kappa shape index (κ3) is 17.6. The number of aryl methyl sites for hydroxylation is 2. The quantitative estimate of drug-likeness (QED) is 0.0237. The smallest absolute Gasteiger partial charge is 0.409 e. The van der Waals surface area contributed by atoms with Crippen molar-refractivity contribution in [3.05, 3.63) is 137 Å². The van der Waals surface area contributed by atoms with Gasteiger partial charge in [0.05, 0.1) is 18.9 Å². The minimum absolute atomic E-state index is 0.0230. The summed E-state index contributed by atoms with van der Waals surface area (Å²) in [6.07, 6.45) is 2.04. The van der Waals surface area contributed by atoms with Crippen LogP contribution in [0.2, 0.25) is 0 Å². The highest BCUT2D eigenvalue weighted by Gasteiger charge is 2.25. The maximum atomic E-state index is 13.6. The monoisotopic (exact) mass is 793 g/mol. The molecule has 0 aliphatic heterocycles. The molecule has 0 aliphatic carbocycles. The van der Waals surface area contributed by atoms with Gasteiger partial charge in [0, 0.05) is 13.0 Å². The van der Waals surface area contributed by atoms with Gasteiger partial charge in [0.25, 0.3) is 0 Å². The number of nitrogens with two attached hydrogens (primary N) is 2. The van der Waals surface area contributed by atoms with E-state index in [0.717, 1.165) is 40.7 Å². The summed E-state index contributed by atoms with van der Waals surface area (Å²) in [5, 5.41) is 11.2. The fourth-order valence-corrected chi connectivity index (χ4v) is 5.79. The van der Waals surface area contributed by atoms with Crippen LogP contribution in [-0.2, 0) is 56.5 Å². The van der Waals surface area contributed by atoms with Crippen LogP contribution in [0.5, 0.6) is 0 Å². The van der Waals surface area contributed by atoms with Crippen LogP contribution in [-0.4, -0.2) is 55.3 Å². The number of amides is 4. The predicted molar refractivity (Wildman–Crippen MR) is 222 cm³/mol. The average molecular weight is 794 g/mol. The number of nitrogens with zero attached hydrogens (tertiary/aromatic N) is 1. The third-order valence-corrected chi connectivity index (χ3v) is 8.81. The van der Waals surface area contributed by atoms with Gasteiger partial charge >= 0.3 is 12.2 Å².